The van der Waals surface area contributed by atoms with E-state index in [1.165, 1.54) is 32.2 Å². The molecule has 1 unspecified atom stereocenters. The van der Waals surface area contributed by atoms with E-state index in [1.807, 2.05) is 0 Å². The Morgan fingerprint density at radius 1 is 1.25 bits per heavy atom. The summed E-state index contributed by atoms with van der Waals surface area (Å²) in [4.78, 5) is 4.85. The molecular weight excluding hydrogens is 250 g/mol. The minimum atomic E-state index is 0.683. The fraction of sp³-hybridized carbons (Fsp3) is 0.750. The zero-order valence-corrected chi connectivity index (χ0v) is 12.8. The third kappa shape index (κ3) is 3.84. The molecule has 1 aliphatic heterocycles. The summed E-state index contributed by atoms with van der Waals surface area (Å²) >= 11 is 0. The van der Waals surface area contributed by atoms with Crippen molar-refractivity contribution in [2.75, 3.05) is 27.2 Å². The molecule has 1 aliphatic carbocycles. The second-order valence-corrected chi connectivity index (χ2v) is 6.55. The van der Waals surface area contributed by atoms with Crippen molar-refractivity contribution < 1.29 is 4.42 Å². The Hall–Kier alpha value is -0.840. The van der Waals surface area contributed by atoms with E-state index < -0.39 is 0 Å². The number of rotatable bonds is 7. The Morgan fingerprint density at radius 2 is 2.05 bits per heavy atom. The maximum absolute atomic E-state index is 5.96. The first kappa shape index (κ1) is 14.1. The molecule has 0 radical (unpaired) electrons. The molecule has 4 nitrogen and oxygen atoms in total. The average Bonchev–Trinajstić information content (AvgIpc) is 2.98. The standard InChI is InChI=1S/C16H27N3O/c1-18(2)11-14-4-3-9-19(14)12-16-8-7-15(20-16)10-17-13-5-6-13/h7-8,13-14,17H,3-6,9-12H2,1-2H3. The van der Waals surface area contributed by atoms with Gasteiger partial charge in [0.05, 0.1) is 13.1 Å². The first-order valence-corrected chi connectivity index (χ1v) is 7.90. The Bertz CT molecular complexity index is 425. The van der Waals surface area contributed by atoms with Gasteiger partial charge in [0.1, 0.15) is 11.5 Å². The number of nitrogens with zero attached hydrogens (tertiary/aromatic N) is 2. The van der Waals surface area contributed by atoms with Crippen LogP contribution in [0.3, 0.4) is 0 Å². The predicted molar refractivity (Wildman–Crippen MR) is 80.6 cm³/mol. The summed E-state index contributed by atoms with van der Waals surface area (Å²) in [5.41, 5.74) is 0. The maximum atomic E-state index is 5.96. The molecular formula is C16H27N3O. The van der Waals surface area contributed by atoms with Crippen LogP contribution in [0, 0.1) is 0 Å². The minimum Gasteiger partial charge on any atom is -0.463 e. The van der Waals surface area contributed by atoms with E-state index in [9.17, 15) is 0 Å². The van der Waals surface area contributed by atoms with E-state index in [-0.39, 0.29) is 0 Å². The minimum absolute atomic E-state index is 0.683. The summed E-state index contributed by atoms with van der Waals surface area (Å²) in [5, 5.41) is 3.50. The van der Waals surface area contributed by atoms with E-state index in [0.717, 1.165) is 37.2 Å². The van der Waals surface area contributed by atoms with E-state index in [1.54, 1.807) is 0 Å². The molecule has 2 heterocycles. The van der Waals surface area contributed by atoms with Crippen LogP contribution >= 0.6 is 0 Å². The number of hydrogen-bond acceptors (Lipinski definition) is 4. The van der Waals surface area contributed by atoms with Gasteiger partial charge in [0.2, 0.25) is 0 Å². The lowest BCUT2D eigenvalue weighted by Gasteiger charge is -2.26. The molecule has 1 saturated carbocycles. The van der Waals surface area contributed by atoms with Crippen molar-refractivity contribution in [3.8, 4) is 0 Å². The Kier molecular flexibility index (Phi) is 4.44. The van der Waals surface area contributed by atoms with Crippen LogP contribution in [-0.2, 0) is 13.1 Å². The molecule has 0 amide bonds. The molecule has 3 rings (SSSR count). The van der Waals surface area contributed by atoms with Gasteiger partial charge >= 0.3 is 0 Å². The molecule has 1 aromatic rings. The van der Waals surface area contributed by atoms with Gasteiger partial charge in [0, 0.05) is 18.6 Å². The van der Waals surface area contributed by atoms with Gasteiger partial charge < -0.3 is 14.6 Å². The predicted octanol–water partition coefficient (Wildman–Crippen LogP) is 2.06. The molecule has 2 fully saturated rings. The molecule has 2 aliphatic rings. The molecule has 0 spiro atoms. The smallest absolute Gasteiger partial charge is 0.118 e. The Morgan fingerprint density at radius 3 is 2.80 bits per heavy atom. The van der Waals surface area contributed by atoms with Crippen molar-refractivity contribution >= 4 is 0 Å². The number of hydrogen-bond donors (Lipinski definition) is 1. The van der Waals surface area contributed by atoms with Gasteiger partial charge in [-0.15, -0.1) is 0 Å². The number of likely N-dealkylation sites (tertiary alicyclic amines) is 1. The second kappa shape index (κ2) is 6.29. The van der Waals surface area contributed by atoms with Crippen molar-refractivity contribution in [3.63, 3.8) is 0 Å². The van der Waals surface area contributed by atoms with Crippen LogP contribution in [0.5, 0.6) is 0 Å². The quantitative estimate of drug-likeness (QED) is 0.827. The molecule has 4 heteroatoms. The summed E-state index contributed by atoms with van der Waals surface area (Å²) in [7, 11) is 4.32. The molecule has 20 heavy (non-hydrogen) atoms. The van der Waals surface area contributed by atoms with Gasteiger partial charge in [-0.2, -0.15) is 0 Å². The van der Waals surface area contributed by atoms with E-state index in [4.69, 9.17) is 4.42 Å². The molecule has 1 aromatic heterocycles. The molecule has 0 aromatic carbocycles. The highest BCUT2D eigenvalue weighted by Gasteiger charge is 2.26. The third-order valence-corrected chi connectivity index (χ3v) is 4.29. The van der Waals surface area contributed by atoms with E-state index >= 15 is 0 Å². The van der Waals surface area contributed by atoms with Gasteiger partial charge in [-0.1, -0.05) is 0 Å². The fourth-order valence-corrected chi connectivity index (χ4v) is 3.07. The van der Waals surface area contributed by atoms with Gasteiger partial charge in [0.25, 0.3) is 0 Å². The maximum Gasteiger partial charge on any atom is 0.118 e. The lowest BCUT2D eigenvalue weighted by molar-refractivity contribution is 0.187. The topological polar surface area (TPSA) is 31.6 Å². The SMILES string of the molecule is CN(C)CC1CCCN1Cc1ccc(CNC2CC2)o1. The fourth-order valence-electron chi connectivity index (χ4n) is 3.07. The summed E-state index contributed by atoms with van der Waals surface area (Å²) in [6.07, 6.45) is 5.28. The zero-order chi connectivity index (χ0) is 13.9. The lowest BCUT2D eigenvalue weighted by Crippen LogP contribution is -2.36. The van der Waals surface area contributed by atoms with Crippen LogP contribution in [0.4, 0.5) is 0 Å². The molecule has 1 atom stereocenters. The first-order chi connectivity index (χ1) is 9.70. The van der Waals surface area contributed by atoms with Gasteiger partial charge in [-0.3, -0.25) is 4.90 Å². The average molecular weight is 277 g/mol. The van der Waals surface area contributed by atoms with Crippen LogP contribution < -0.4 is 5.32 Å². The third-order valence-electron chi connectivity index (χ3n) is 4.29. The van der Waals surface area contributed by atoms with Gasteiger partial charge in [-0.25, -0.2) is 0 Å². The van der Waals surface area contributed by atoms with Crippen LogP contribution in [-0.4, -0.2) is 49.1 Å². The first-order valence-electron chi connectivity index (χ1n) is 7.90. The Labute approximate surface area is 122 Å². The number of furan rings is 1. The van der Waals surface area contributed by atoms with Gasteiger partial charge in [-0.05, 0) is 58.5 Å². The van der Waals surface area contributed by atoms with Crippen LogP contribution in [0.1, 0.15) is 37.2 Å². The van der Waals surface area contributed by atoms with E-state index in [2.05, 4.69) is 41.3 Å². The Balaban J connectivity index is 1.51. The summed E-state index contributed by atoms with van der Waals surface area (Å²) < 4.78 is 5.96. The van der Waals surface area contributed by atoms with Gasteiger partial charge in [0.15, 0.2) is 0 Å². The highest BCUT2D eigenvalue weighted by molar-refractivity contribution is 5.08. The van der Waals surface area contributed by atoms with Crippen LogP contribution in [0.15, 0.2) is 16.5 Å². The lowest BCUT2D eigenvalue weighted by atomic mass is 10.2. The van der Waals surface area contributed by atoms with Crippen molar-refractivity contribution in [2.45, 2.75) is 50.9 Å². The highest BCUT2D eigenvalue weighted by atomic mass is 16.3. The summed E-state index contributed by atoms with van der Waals surface area (Å²) in [6, 6.07) is 5.70. The van der Waals surface area contributed by atoms with Crippen LogP contribution in [0.25, 0.3) is 0 Å². The number of likely N-dealkylation sites (N-methyl/N-ethyl adjacent to an activating group) is 1. The normalized spacial score (nSPS) is 23.9. The van der Waals surface area contributed by atoms with Crippen molar-refractivity contribution in [1.82, 2.24) is 15.1 Å². The molecule has 1 saturated heterocycles. The second-order valence-electron chi connectivity index (χ2n) is 6.55. The molecule has 0 bridgehead atoms. The van der Waals surface area contributed by atoms with Crippen LogP contribution in [0.2, 0.25) is 0 Å². The summed E-state index contributed by atoms with van der Waals surface area (Å²) in [6.45, 7) is 4.19. The summed E-state index contributed by atoms with van der Waals surface area (Å²) in [5.74, 6) is 2.19. The number of nitrogens with one attached hydrogen (secondary N) is 1. The van der Waals surface area contributed by atoms with E-state index in [0.29, 0.717) is 6.04 Å². The largest absolute Gasteiger partial charge is 0.463 e. The zero-order valence-electron chi connectivity index (χ0n) is 12.8. The highest BCUT2D eigenvalue weighted by Crippen LogP contribution is 2.22. The molecule has 1 N–H and O–H groups in total. The monoisotopic (exact) mass is 277 g/mol. The van der Waals surface area contributed by atoms with Crippen molar-refractivity contribution in [3.05, 3.63) is 23.7 Å². The van der Waals surface area contributed by atoms with Crippen molar-refractivity contribution in [1.29, 1.82) is 0 Å². The molecule has 112 valence electrons. The van der Waals surface area contributed by atoms with Crippen molar-refractivity contribution in [2.24, 2.45) is 0 Å².